The predicted octanol–water partition coefficient (Wildman–Crippen LogP) is 2.71. The second-order valence-corrected chi connectivity index (χ2v) is 4.78. The van der Waals surface area contributed by atoms with E-state index in [4.69, 9.17) is 0 Å². The summed E-state index contributed by atoms with van der Waals surface area (Å²) < 4.78 is 15.9. The van der Waals surface area contributed by atoms with Crippen molar-refractivity contribution in [1.29, 1.82) is 0 Å². The third-order valence-corrected chi connectivity index (χ3v) is 3.25. The minimum absolute atomic E-state index is 0.259. The van der Waals surface area contributed by atoms with Crippen LogP contribution in [0.5, 0.6) is 0 Å². The number of rotatable bonds is 2. The Morgan fingerprint density at radius 2 is 2.18 bits per heavy atom. The molecule has 2 aromatic rings. The number of hydrogen-bond acceptors (Lipinski definition) is 2. The van der Waals surface area contributed by atoms with Crippen LogP contribution in [0.3, 0.4) is 0 Å². The van der Waals surface area contributed by atoms with Crippen LogP contribution in [0.1, 0.15) is 22.9 Å². The van der Waals surface area contributed by atoms with Gasteiger partial charge < -0.3 is 5.11 Å². The Balaban J connectivity index is 2.50. The van der Waals surface area contributed by atoms with E-state index in [1.54, 1.807) is 25.4 Å². The number of aryl methyl sites for hydroxylation is 2. The summed E-state index contributed by atoms with van der Waals surface area (Å²) in [6, 6.07) is 4.67. The monoisotopic (exact) mass is 298 g/mol. The molecule has 1 unspecified atom stereocenters. The van der Waals surface area contributed by atoms with Gasteiger partial charge in [-0.2, -0.15) is 5.10 Å². The Labute approximate surface area is 107 Å². The molecule has 1 aromatic heterocycles. The first-order valence-electron chi connectivity index (χ1n) is 5.12. The summed E-state index contributed by atoms with van der Waals surface area (Å²) in [5.74, 6) is -0.420. The fourth-order valence-electron chi connectivity index (χ4n) is 1.75. The van der Waals surface area contributed by atoms with Crippen molar-refractivity contribution in [3.8, 4) is 0 Å². The Kier molecular flexibility index (Phi) is 3.31. The molecule has 0 bridgehead atoms. The highest BCUT2D eigenvalue weighted by Gasteiger charge is 2.21. The van der Waals surface area contributed by atoms with Crippen LogP contribution >= 0.6 is 15.9 Å². The van der Waals surface area contributed by atoms with Crippen LogP contribution in [-0.2, 0) is 7.05 Å². The van der Waals surface area contributed by atoms with E-state index in [0.717, 1.165) is 5.56 Å². The quantitative estimate of drug-likeness (QED) is 0.926. The summed E-state index contributed by atoms with van der Waals surface area (Å²) in [5.41, 5.74) is 1.70. The lowest BCUT2D eigenvalue weighted by atomic mass is 10.0. The zero-order valence-corrected chi connectivity index (χ0v) is 11.1. The van der Waals surface area contributed by atoms with Gasteiger partial charge in [0.05, 0.1) is 16.4 Å². The summed E-state index contributed by atoms with van der Waals surface area (Å²) in [4.78, 5) is 0. The van der Waals surface area contributed by atoms with Crippen molar-refractivity contribution in [3.05, 3.63) is 51.5 Å². The van der Waals surface area contributed by atoms with E-state index in [1.165, 1.54) is 10.7 Å². The van der Waals surface area contributed by atoms with E-state index in [-0.39, 0.29) is 5.56 Å². The van der Waals surface area contributed by atoms with Gasteiger partial charge in [-0.25, -0.2) is 4.39 Å². The van der Waals surface area contributed by atoms with Crippen molar-refractivity contribution >= 4 is 15.9 Å². The molecule has 0 aliphatic carbocycles. The standard InChI is InChI=1S/C12H12BrFN2O/c1-7-3-4-10(14)8(5-7)12(17)11-9(13)6-15-16(11)2/h3-6,12,17H,1-2H3. The first-order chi connectivity index (χ1) is 8.00. The molecule has 1 N–H and O–H groups in total. The van der Waals surface area contributed by atoms with Crippen molar-refractivity contribution in [1.82, 2.24) is 9.78 Å². The zero-order chi connectivity index (χ0) is 12.6. The Morgan fingerprint density at radius 3 is 2.76 bits per heavy atom. The van der Waals surface area contributed by atoms with Crippen LogP contribution in [0.4, 0.5) is 4.39 Å². The largest absolute Gasteiger partial charge is 0.382 e. The molecule has 3 nitrogen and oxygen atoms in total. The van der Waals surface area contributed by atoms with Crippen molar-refractivity contribution < 1.29 is 9.50 Å². The lowest BCUT2D eigenvalue weighted by Crippen LogP contribution is -2.09. The summed E-state index contributed by atoms with van der Waals surface area (Å²) in [5, 5.41) is 14.2. The molecule has 0 aliphatic heterocycles. The molecule has 1 heterocycles. The molecule has 1 atom stereocenters. The van der Waals surface area contributed by atoms with Crippen LogP contribution in [-0.4, -0.2) is 14.9 Å². The minimum atomic E-state index is -1.03. The fraction of sp³-hybridized carbons (Fsp3) is 0.250. The number of aliphatic hydroxyl groups is 1. The topological polar surface area (TPSA) is 38.1 Å². The van der Waals surface area contributed by atoms with Gasteiger partial charge in [0.1, 0.15) is 11.9 Å². The molecule has 0 saturated heterocycles. The lowest BCUT2D eigenvalue weighted by molar-refractivity contribution is 0.204. The first-order valence-corrected chi connectivity index (χ1v) is 5.91. The zero-order valence-electron chi connectivity index (χ0n) is 9.48. The van der Waals surface area contributed by atoms with E-state index in [1.807, 2.05) is 6.92 Å². The van der Waals surface area contributed by atoms with E-state index >= 15 is 0 Å². The van der Waals surface area contributed by atoms with Gasteiger partial charge in [-0.05, 0) is 28.9 Å². The van der Waals surface area contributed by atoms with E-state index < -0.39 is 11.9 Å². The van der Waals surface area contributed by atoms with E-state index in [0.29, 0.717) is 10.2 Å². The Hall–Kier alpha value is -1.20. The van der Waals surface area contributed by atoms with Gasteiger partial charge in [0.15, 0.2) is 0 Å². The van der Waals surface area contributed by atoms with Crippen LogP contribution in [0, 0.1) is 12.7 Å². The van der Waals surface area contributed by atoms with Gasteiger partial charge >= 0.3 is 0 Å². The maximum Gasteiger partial charge on any atom is 0.129 e. The number of aliphatic hydroxyl groups excluding tert-OH is 1. The highest BCUT2D eigenvalue weighted by Crippen LogP contribution is 2.29. The molecule has 0 saturated carbocycles. The summed E-state index contributed by atoms with van der Waals surface area (Å²) in [6.07, 6.45) is 0.545. The lowest BCUT2D eigenvalue weighted by Gasteiger charge is -2.13. The Morgan fingerprint density at radius 1 is 1.47 bits per heavy atom. The molecular formula is C12H12BrFN2O. The van der Waals surface area contributed by atoms with Crippen molar-refractivity contribution in [3.63, 3.8) is 0 Å². The van der Waals surface area contributed by atoms with E-state index in [2.05, 4.69) is 21.0 Å². The molecule has 1 aromatic carbocycles. The van der Waals surface area contributed by atoms with Gasteiger partial charge in [-0.3, -0.25) is 4.68 Å². The van der Waals surface area contributed by atoms with E-state index in [9.17, 15) is 9.50 Å². The van der Waals surface area contributed by atoms with Crippen molar-refractivity contribution in [2.24, 2.45) is 7.05 Å². The summed E-state index contributed by atoms with van der Waals surface area (Å²) in [6.45, 7) is 1.86. The maximum atomic E-state index is 13.7. The molecular weight excluding hydrogens is 287 g/mol. The van der Waals surface area contributed by atoms with Crippen LogP contribution in [0.25, 0.3) is 0 Å². The average Bonchev–Trinajstić information content (AvgIpc) is 2.61. The highest BCUT2D eigenvalue weighted by atomic mass is 79.9. The molecule has 0 amide bonds. The number of hydrogen-bond donors (Lipinski definition) is 1. The number of halogens is 2. The third kappa shape index (κ3) is 2.25. The van der Waals surface area contributed by atoms with Crippen LogP contribution < -0.4 is 0 Å². The van der Waals surface area contributed by atoms with Gasteiger partial charge in [-0.1, -0.05) is 17.7 Å². The second-order valence-electron chi connectivity index (χ2n) is 3.93. The molecule has 0 radical (unpaired) electrons. The summed E-state index contributed by atoms with van der Waals surface area (Å²) >= 11 is 3.29. The molecule has 90 valence electrons. The number of aromatic nitrogens is 2. The van der Waals surface area contributed by atoms with Gasteiger partial charge in [0.25, 0.3) is 0 Å². The van der Waals surface area contributed by atoms with Crippen LogP contribution in [0.2, 0.25) is 0 Å². The normalized spacial score (nSPS) is 12.8. The molecule has 0 fully saturated rings. The maximum absolute atomic E-state index is 13.7. The first kappa shape index (κ1) is 12.3. The van der Waals surface area contributed by atoms with Crippen molar-refractivity contribution in [2.45, 2.75) is 13.0 Å². The van der Waals surface area contributed by atoms with Gasteiger partial charge in [-0.15, -0.1) is 0 Å². The van der Waals surface area contributed by atoms with Crippen molar-refractivity contribution in [2.75, 3.05) is 0 Å². The third-order valence-electron chi connectivity index (χ3n) is 2.64. The SMILES string of the molecule is Cc1ccc(F)c(C(O)c2c(Br)cnn2C)c1. The summed E-state index contributed by atoms with van der Waals surface area (Å²) in [7, 11) is 1.71. The molecule has 17 heavy (non-hydrogen) atoms. The fourth-order valence-corrected chi connectivity index (χ4v) is 2.31. The minimum Gasteiger partial charge on any atom is -0.382 e. The average molecular weight is 299 g/mol. The molecule has 5 heteroatoms. The Bertz CT molecular complexity index is 534. The predicted molar refractivity (Wildman–Crippen MR) is 66.1 cm³/mol. The second kappa shape index (κ2) is 4.58. The molecule has 2 rings (SSSR count). The van der Waals surface area contributed by atoms with Crippen LogP contribution in [0.15, 0.2) is 28.9 Å². The molecule has 0 aliphatic rings. The smallest absolute Gasteiger partial charge is 0.129 e. The number of nitrogens with zero attached hydrogens (tertiary/aromatic N) is 2. The highest BCUT2D eigenvalue weighted by molar-refractivity contribution is 9.10. The van der Waals surface area contributed by atoms with Gasteiger partial charge in [0.2, 0.25) is 0 Å². The number of benzene rings is 1. The molecule has 0 spiro atoms. The van der Waals surface area contributed by atoms with Gasteiger partial charge in [0, 0.05) is 12.6 Å².